The van der Waals surface area contributed by atoms with E-state index in [0.717, 1.165) is 38.2 Å². The van der Waals surface area contributed by atoms with Gasteiger partial charge in [-0.15, -0.1) is 5.10 Å². The Morgan fingerprint density at radius 2 is 2.19 bits per heavy atom. The highest BCUT2D eigenvalue weighted by Gasteiger charge is 2.17. The van der Waals surface area contributed by atoms with Crippen molar-refractivity contribution in [3.05, 3.63) is 40.1 Å². The molecule has 0 atom stereocenters. The van der Waals surface area contributed by atoms with E-state index in [1.807, 2.05) is 17.7 Å². The molecule has 1 aliphatic rings. The van der Waals surface area contributed by atoms with E-state index < -0.39 is 0 Å². The fourth-order valence-electron chi connectivity index (χ4n) is 2.54. The lowest BCUT2D eigenvalue weighted by Crippen LogP contribution is -2.25. The molecule has 3 rings (SSSR count). The van der Waals surface area contributed by atoms with Crippen molar-refractivity contribution in [2.45, 2.75) is 32.9 Å². The third-order valence-electron chi connectivity index (χ3n) is 3.84. The maximum Gasteiger partial charge on any atom is 0.251 e. The standard InChI is InChI=1S/C14H19N5O2/c1-11-2-5-18(14(20)8-11)10-13-15-16-17-19(13)9-12-3-6-21-7-4-12/h2,5,8,12H,3-4,6-7,9-10H2,1H3. The number of ether oxygens (including phenoxy) is 1. The van der Waals surface area contributed by atoms with Crippen molar-refractivity contribution < 1.29 is 4.74 Å². The Morgan fingerprint density at radius 1 is 1.38 bits per heavy atom. The molecule has 3 heterocycles. The monoisotopic (exact) mass is 289 g/mol. The Morgan fingerprint density at radius 3 is 2.95 bits per heavy atom. The zero-order valence-electron chi connectivity index (χ0n) is 12.1. The van der Waals surface area contributed by atoms with Crippen LogP contribution in [0.3, 0.4) is 0 Å². The van der Waals surface area contributed by atoms with Crippen LogP contribution in [0.25, 0.3) is 0 Å². The molecule has 0 N–H and O–H groups in total. The lowest BCUT2D eigenvalue weighted by atomic mass is 10.0. The molecular formula is C14H19N5O2. The first-order chi connectivity index (χ1) is 10.2. The van der Waals surface area contributed by atoms with Crippen molar-refractivity contribution in [2.75, 3.05) is 13.2 Å². The second kappa shape index (κ2) is 6.17. The first kappa shape index (κ1) is 13.9. The summed E-state index contributed by atoms with van der Waals surface area (Å²) < 4.78 is 8.80. The second-order valence-electron chi connectivity index (χ2n) is 5.50. The van der Waals surface area contributed by atoms with Gasteiger partial charge in [-0.25, -0.2) is 4.68 Å². The van der Waals surface area contributed by atoms with E-state index in [9.17, 15) is 4.79 Å². The fourth-order valence-corrected chi connectivity index (χ4v) is 2.54. The molecule has 0 saturated carbocycles. The van der Waals surface area contributed by atoms with Crippen molar-refractivity contribution in [3.63, 3.8) is 0 Å². The Labute approximate surface area is 122 Å². The van der Waals surface area contributed by atoms with E-state index in [1.54, 1.807) is 16.8 Å². The number of aromatic nitrogens is 5. The average molecular weight is 289 g/mol. The molecule has 0 amide bonds. The number of nitrogens with zero attached hydrogens (tertiary/aromatic N) is 5. The Balaban J connectivity index is 1.74. The molecule has 0 aromatic carbocycles. The molecular weight excluding hydrogens is 270 g/mol. The summed E-state index contributed by atoms with van der Waals surface area (Å²) in [6, 6.07) is 3.53. The summed E-state index contributed by atoms with van der Waals surface area (Å²) >= 11 is 0. The minimum Gasteiger partial charge on any atom is -0.381 e. The van der Waals surface area contributed by atoms with Crippen LogP contribution in [0.2, 0.25) is 0 Å². The molecule has 7 nitrogen and oxygen atoms in total. The summed E-state index contributed by atoms with van der Waals surface area (Å²) in [5.41, 5.74) is 0.925. The minimum absolute atomic E-state index is 0.0318. The molecule has 0 radical (unpaired) electrons. The van der Waals surface area contributed by atoms with Gasteiger partial charge in [0, 0.05) is 32.0 Å². The van der Waals surface area contributed by atoms with Crippen LogP contribution in [0.5, 0.6) is 0 Å². The van der Waals surface area contributed by atoms with Crippen LogP contribution in [-0.2, 0) is 17.8 Å². The van der Waals surface area contributed by atoms with Gasteiger partial charge in [-0.2, -0.15) is 0 Å². The van der Waals surface area contributed by atoms with E-state index in [0.29, 0.717) is 18.3 Å². The van der Waals surface area contributed by atoms with Crippen LogP contribution in [-0.4, -0.2) is 38.0 Å². The van der Waals surface area contributed by atoms with Crippen molar-refractivity contribution in [1.82, 2.24) is 24.8 Å². The van der Waals surface area contributed by atoms with E-state index in [2.05, 4.69) is 15.5 Å². The number of tetrazole rings is 1. The van der Waals surface area contributed by atoms with Crippen LogP contribution in [0.15, 0.2) is 23.1 Å². The van der Waals surface area contributed by atoms with Gasteiger partial charge in [0.1, 0.15) is 0 Å². The van der Waals surface area contributed by atoms with Crippen molar-refractivity contribution in [3.8, 4) is 0 Å². The van der Waals surface area contributed by atoms with Crippen LogP contribution in [0, 0.1) is 12.8 Å². The first-order valence-corrected chi connectivity index (χ1v) is 7.22. The van der Waals surface area contributed by atoms with Crippen LogP contribution >= 0.6 is 0 Å². The van der Waals surface area contributed by atoms with E-state index in [4.69, 9.17) is 4.74 Å². The molecule has 1 saturated heterocycles. The second-order valence-corrected chi connectivity index (χ2v) is 5.50. The van der Waals surface area contributed by atoms with Gasteiger partial charge in [-0.05, 0) is 47.7 Å². The van der Waals surface area contributed by atoms with Crippen molar-refractivity contribution in [2.24, 2.45) is 5.92 Å². The summed E-state index contributed by atoms with van der Waals surface area (Å²) in [7, 11) is 0. The molecule has 2 aromatic rings. The maximum absolute atomic E-state index is 11.9. The van der Waals surface area contributed by atoms with E-state index >= 15 is 0 Å². The summed E-state index contributed by atoms with van der Waals surface area (Å²) in [4.78, 5) is 11.9. The zero-order chi connectivity index (χ0) is 14.7. The van der Waals surface area contributed by atoms with Gasteiger partial charge in [-0.3, -0.25) is 4.79 Å². The predicted octanol–water partition coefficient (Wildman–Crippen LogP) is 0.618. The molecule has 1 aliphatic heterocycles. The third-order valence-corrected chi connectivity index (χ3v) is 3.84. The molecule has 7 heteroatoms. The highest BCUT2D eigenvalue weighted by Crippen LogP contribution is 2.16. The molecule has 1 fully saturated rings. The SMILES string of the molecule is Cc1ccn(Cc2nnnn2CC2CCOCC2)c(=O)c1. The van der Waals surface area contributed by atoms with Crippen molar-refractivity contribution in [1.29, 1.82) is 0 Å². The third kappa shape index (κ3) is 3.36. The highest BCUT2D eigenvalue weighted by molar-refractivity contribution is 5.08. The minimum atomic E-state index is -0.0318. The smallest absolute Gasteiger partial charge is 0.251 e. The summed E-state index contributed by atoms with van der Waals surface area (Å²) in [6.45, 7) is 4.70. The number of rotatable bonds is 4. The molecule has 0 unspecified atom stereocenters. The summed E-state index contributed by atoms with van der Waals surface area (Å²) in [5, 5.41) is 11.9. The van der Waals surface area contributed by atoms with Gasteiger partial charge in [0.15, 0.2) is 5.82 Å². The predicted molar refractivity (Wildman–Crippen MR) is 75.9 cm³/mol. The van der Waals surface area contributed by atoms with Crippen molar-refractivity contribution >= 4 is 0 Å². The van der Waals surface area contributed by atoms with Gasteiger partial charge in [0.05, 0.1) is 6.54 Å². The molecule has 112 valence electrons. The largest absolute Gasteiger partial charge is 0.381 e. The quantitative estimate of drug-likeness (QED) is 0.824. The van der Waals surface area contributed by atoms with E-state index in [1.165, 1.54) is 0 Å². The van der Waals surface area contributed by atoms with Gasteiger partial charge in [0.25, 0.3) is 5.56 Å². The number of pyridine rings is 1. The molecule has 21 heavy (non-hydrogen) atoms. The highest BCUT2D eigenvalue weighted by atomic mass is 16.5. The average Bonchev–Trinajstić information content (AvgIpc) is 2.90. The Kier molecular flexibility index (Phi) is 4.10. The summed E-state index contributed by atoms with van der Waals surface area (Å²) in [6.07, 6.45) is 3.85. The van der Waals surface area contributed by atoms with Crippen LogP contribution in [0.4, 0.5) is 0 Å². The zero-order valence-corrected chi connectivity index (χ0v) is 12.1. The Hall–Kier alpha value is -2.02. The van der Waals surface area contributed by atoms with Gasteiger partial charge >= 0.3 is 0 Å². The lowest BCUT2D eigenvalue weighted by molar-refractivity contribution is 0.0596. The van der Waals surface area contributed by atoms with Gasteiger partial charge in [0.2, 0.25) is 0 Å². The molecule has 2 aromatic heterocycles. The molecule has 0 aliphatic carbocycles. The molecule has 0 spiro atoms. The number of hydrogen-bond acceptors (Lipinski definition) is 5. The first-order valence-electron chi connectivity index (χ1n) is 7.22. The maximum atomic E-state index is 11.9. The number of aryl methyl sites for hydroxylation is 1. The van der Waals surface area contributed by atoms with Crippen LogP contribution in [0.1, 0.15) is 24.2 Å². The lowest BCUT2D eigenvalue weighted by Gasteiger charge is -2.21. The van der Waals surface area contributed by atoms with Gasteiger partial charge in [-0.1, -0.05) is 0 Å². The summed E-state index contributed by atoms with van der Waals surface area (Å²) in [5.74, 6) is 1.25. The topological polar surface area (TPSA) is 74.8 Å². The normalized spacial score (nSPS) is 16.2. The van der Waals surface area contributed by atoms with E-state index in [-0.39, 0.29) is 5.56 Å². The fraction of sp³-hybridized carbons (Fsp3) is 0.571. The Bertz CT molecular complexity index is 657. The molecule has 0 bridgehead atoms. The van der Waals surface area contributed by atoms with Crippen LogP contribution < -0.4 is 5.56 Å². The van der Waals surface area contributed by atoms with Gasteiger partial charge < -0.3 is 9.30 Å². The number of hydrogen-bond donors (Lipinski definition) is 0.